The van der Waals surface area contributed by atoms with Gasteiger partial charge in [-0.15, -0.1) is 0 Å². The highest BCUT2D eigenvalue weighted by molar-refractivity contribution is 9.10. The third-order valence-corrected chi connectivity index (χ3v) is 3.74. The van der Waals surface area contributed by atoms with Gasteiger partial charge < -0.3 is 10.0 Å². The van der Waals surface area contributed by atoms with Crippen LogP contribution in [0.1, 0.15) is 18.4 Å². The number of nitrogens with zero attached hydrogens (tertiary/aromatic N) is 2. The largest absolute Gasteiger partial charge is 0.396 e. The summed E-state index contributed by atoms with van der Waals surface area (Å²) >= 11 is 3.38. The van der Waals surface area contributed by atoms with Crippen molar-refractivity contribution >= 4 is 21.6 Å². The number of aliphatic hydroxyl groups excluding tert-OH is 1. The van der Waals surface area contributed by atoms with E-state index < -0.39 is 0 Å². The molecule has 3 nitrogen and oxygen atoms in total. The molecule has 0 radical (unpaired) electrons. The van der Waals surface area contributed by atoms with Crippen LogP contribution in [0.15, 0.2) is 22.7 Å². The van der Waals surface area contributed by atoms with Crippen molar-refractivity contribution < 1.29 is 5.11 Å². The van der Waals surface area contributed by atoms with Crippen molar-refractivity contribution in [3.8, 4) is 6.07 Å². The molecule has 17 heavy (non-hydrogen) atoms. The van der Waals surface area contributed by atoms with Crippen LogP contribution >= 0.6 is 15.9 Å². The molecular weight excluding hydrogens is 280 g/mol. The smallest absolute Gasteiger partial charge is 0.101 e. The van der Waals surface area contributed by atoms with Gasteiger partial charge in [-0.25, -0.2) is 0 Å². The van der Waals surface area contributed by atoms with Gasteiger partial charge in [-0.3, -0.25) is 0 Å². The number of anilines is 1. The minimum absolute atomic E-state index is 0.254. The Morgan fingerprint density at radius 1 is 1.53 bits per heavy atom. The Morgan fingerprint density at radius 2 is 2.35 bits per heavy atom. The number of halogens is 1. The van der Waals surface area contributed by atoms with Gasteiger partial charge in [0.25, 0.3) is 0 Å². The van der Waals surface area contributed by atoms with Gasteiger partial charge in [0.15, 0.2) is 0 Å². The number of nitriles is 1. The number of rotatable bonds is 3. The quantitative estimate of drug-likeness (QED) is 0.932. The van der Waals surface area contributed by atoms with Gasteiger partial charge in [0.05, 0.1) is 11.3 Å². The zero-order valence-corrected chi connectivity index (χ0v) is 11.2. The van der Waals surface area contributed by atoms with Crippen LogP contribution in [0.25, 0.3) is 0 Å². The highest BCUT2D eigenvalue weighted by Crippen LogP contribution is 2.29. The van der Waals surface area contributed by atoms with Gasteiger partial charge in [0, 0.05) is 24.2 Å². The predicted molar refractivity (Wildman–Crippen MR) is 70.9 cm³/mol. The molecule has 1 aliphatic heterocycles. The summed E-state index contributed by atoms with van der Waals surface area (Å²) in [6.45, 7) is 2.17. The highest BCUT2D eigenvalue weighted by Gasteiger charge is 2.23. The molecule has 1 N–H and O–H groups in total. The van der Waals surface area contributed by atoms with Crippen LogP contribution in [0, 0.1) is 17.2 Å². The van der Waals surface area contributed by atoms with Gasteiger partial charge in [0.2, 0.25) is 0 Å². The average molecular weight is 295 g/mol. The number of hydrogen-bond acceptors (Lipinski definition) is 3. The molecule has 0 bridgehead atoms. The van der Waals surface area contributed by atoms with Crippen LogP contribution < -0.4 is 4.90 Å². The molecule has 1 aromatic rings. The summed E-state index contributed by atoms with van der Waals surface area (Å²) in [5.74, 6) is 0.551. The second-order valence-electron chi connectivity index (χ2n) is 4.39. The van der Waals surface area contributed by atoms with Crippen molar-refractivity contribution in [2.45, 2.75) is 12.8 Å². The topological polar surface area (TPSA) is 47.3 Å². The van der Waals surface area contributed by atoms with Crippen LogP contribution in [0.3, 0.4) is 0 Å². The Hall–Kier alpha value is -1.05. The lowest BCUT2D eigenvalue weighted by molar-refractivity contribution is 0.263. The molecule has 0 saturated carbocycles. The molecule has 1 heterocycles. The zero-order chi connectivity index (χ0) is 12.3. The minimum Gasteiger partial charge on any atom is -0.396 e. The summed E-state index contributed by atoms with van der Waals surface area (Å²) in [6.07, 6.45) is 1.95. The van der Waals surface area contributed by atoms with E-state index in [1.54, 1.807) is 0 Å². The fourth-order valence-corrected chi connectivity index (χ4v) is 2.70. The Bertz CT molecular complexity index is 442. The van der Waals surface area contributed by atoms with Crippen LogP contribution in [-0.2, 0) is 0 Å². The Morgan fingerprint density at radius 3 is 3.06 bits per heavy atom. The molecule has 0 amide bonds. The lowest BCUT2D eigenvalue weighted by atomic mass is 10.1. The second-order valence-corrected chi connectivity index (χ2v) is 5.30. The first kappa shape index (κ1) is 12.4. The first-order chi connectivity index (χ1) is 8.24. The van der Waals surface area contributed by atoms with Crippen LogP contribution in [0.4, 0.5) is 5.69 Å². The molecule has 1 aliphatic rings. The van der Waals surface area contributed by atoms with Crippen molar-refractivity contribution in [3.05, 3.63) is 28.2 Å². The third-order valence-electron chi connectivity index (χ3n) is 3.24. The van der Waals surface area contributed by atoms with Gasteiger partial charge in [-0.1, -0.05) is 15.9 Å². The van der Waals surface area contributed by atoms with E-state index in [0.29, 0.717) is 11.5 Å². The van der Waals surface area contributed by atoms with Crippen molar-refractivity contribution in [2.24, 2.45) is 5.92 Å². The molecule has 1 saturated heterocycles. The lowest BCUT2D eigenvalue weighted by Crippen LogP contribution is -2.20. The van der Waals surface area contributed by atoms with Crippen molar-refractivity contribution in [1.82, 2.24) is 0 Å². The van der Waals surface area contributed by atoms with Gasteiger partial charge in [-0.05, 0) is 37.0 Å². The summed E-state index contributed by atoms with van der Waals surface area (Å²) in [5, 5.41) is 18.1. The predicted octanol–water partition coefficient (Wildman–Crippen LogP) is 2.53. The molecule has 0 spiro atoms. The fourth-order valence-electron chi connectivity index (χ4n) is 2.34. The normalized spacial score (nSPS) is 19.4. The standard InChI is InChI=1S/C13H15BrN2O/c14-12-1-2-13(11(7-12)8-15)16-5-3-10(9-16)4-6-17/h1-2,7,10,17H,3-6,9H2. The molecule has 0 aliphatic carbocycles. The summed E-state index contributed by atoms with van der Waals surface area (Å²) in [7, 11) is 0. The van der Waals surface area contributed by atoms with E-state index in [0.717, 1.165) is 36.1 Å². The van der Waals surface area contributed by atoms with Crippen LogP contribution in [0.2, 0.25) is 0 Å². The van der Waals surface area contributed by atoms with Crippen molar-refractivity contribution in [1.29, 1.82) is 5.26 Å². The molecule has 4 heteroatoms. The summed E-state index contributed by atoms with van der Waals surface area (Å²) < 4.78 is 0.934. The maximum Gasteiger partial charge on any atom is 0.101 e. The Labute approximate surface area is 110 Å². The number of aliphatic hydroxyl groups is 1. The first-order valence-corrected chi connectivity index (χ1v) is 6.59. The van der Waals surface area contributed by atoms with E-state index in [4.69, 9.17) is 10.4 Å². The maximum absolute atomic E-state index is 9.13. The summed E-state index contributed by atoms with van der Waals surface area (Å²) in [4.78, 5) is 2.24. The number of benzene rings is 1. The SMILES string of the molecule is N#Cc1cc(Br)ccc1N1CCC(CCO)C1. The average Bonchev–Trinajstić information content (AvgIpc) is 2.78. The summed E-state index contributed by atoms with van der Waals surface area (Å²) in [5.41, 5.74) is 1.72. The minimum atomic E-state index is 0.254. The van der Waals surface area contributed by atoms with Crippen LogP contribution in [-0.4, -0.2) is 24.8 Å². The van der Waals surface area contributed by atoms with Crippen molar-refractivity contribution in [3.63, 3.8) is 0 Å². The van der Waals surface area contributed by atoms with Gasteiger partial charge in [0.1, 0.15) is 6.07 Å². The van der Waals surface area contributed by atoms with E-state index in [2.05, 4.69) is 26.9 Å². The zero-order valence-electron chi connectivity index (χ0n) is 9.56. The molecule has 1 fully saturated rings. The maximum atomic E-state index is 9.13. The second kappa shape index (κ2) is 5.52. The third kappa shape index (κ3) is 2.80. The van der Waals surface area contributed by atoms with E-state index >= 15 is 0 Å². The molecule has 90 valence electrons. The van der Waals surface area contributed by atoms with E-state index in [1.807, 2.05) is 18.2 Å². The van der Waals surface area contributed by atoms with Gasteiger partial charge >= 0.3 is 0 Å². The van der Waals surface area contributed by atoms with Crippen molar-refractivity contribution in [2.75, 3.05) is 24.6 Å². The molecule has 1 aromatic carbocycles. The van der Waals surface area contributed by atoms with E-state index in [1.165, 1.54) is 0 Å². The van der Waals surface area contributed by atoms with Gasteiger partial charge in [-0.2, -0.15) is 5.26 Å². The van der Waals surface area contributed by atoms with Crippen LogP contribution in [0.5, 0.6) is 0 Å². The Balaban J connectivity index is 2.16. The molecule has 1 atom stereocenters. The fraction of sp³-hybridized carbons (Fsp3) is 0.462. The van der Waals surface area contributed by atoms with E-state index in [9.17, 15) is 0 Å². The molecule has 2 rings (SSSR count). The van der Waals surface area contributed by atoms with E-state index in [-0.39, 0.29) is 6.61 Å². The monoisotopic (exact) mass is 294 g/mol. The molecule has 1 unspecified atom stereocenters. The Kier molecular flexibility index (Phi) is 4.03. The highest BCUT2D eigenvalue weighted by atomic mass is 79.9. The molecule has 0 aromatic heterocycles. The molecular formula is C13H15BrN2O. The number of hydrogen-bond donors (Lipinski definition) is 1. The first-order valence-electron chi connectivity index (χ1n) is 5.80. The lowest BCUT2D eigenvalue weighted by Gasteiger charge is -2.20. The summed E-state index contributed by atoms with van der Waals surface area (Å²) in [6, 6.07) is 8.05.